The summed E-state index contributed by atoms with van der Waals surface area (Å²) in [6.45, 7) is 7.18. The average Bonchev–Trinajstić information content (AvgIpc) is 3.93. The molecule has 1 fully saturated rings. The van der Waals surface area contributed by atoms with Crippen LogP contribution in [-0.4, -0.2) is 39.5 Å². The number of hydrogen-bond acceptors (Lipinski definition) is 3. The minimum absolute atomic E-state index is 0.0273. The lowest BCUT2D eigenvalue weighted by Crippen LogP contribution is -2.45. The van der Waals surface area contributed by atoms with Gasteiger partial charge in [0.2, 0.25) is 0 Å². The third-order valence-corrected chi connectivity index (χ3v) is 17.5. The van der Waals surface area contributed by atoms with Crippen molar-refractivity contribution in [1.82, 2.24) is 14.8 Å². The monoisotopic (exact) mass is 933 g/mol. The Hall–Kier alpha value is -6.23. The molecule has 1 saturated heterocycles. The Kier molecular flexibility index (Phi) is 13.0. The highest BCUT2D eigenvalue weighted by Gasteiger charge is 2.48. The minimum atomic E-state index is 0.0273. The SMILES string of the molecule is CC/C=C\C(C)=C1\C2C[C@H](C3C=c4c(n(-c5ccccc5)c5ccccc45)=CC3)C=CC2N(C2C=CC(C3=CCCC(C4=CC=CC(C5N=C(C6=CC=CCC6)C=C(C6C=CC=CC6)N5)C4)=C3)CC2)C1C. The van der Waals surface area contributed by atoms with Crippen LogP contribution in [0.1, 0.15) is 91.4 Å². The summed E-state index contributed by atoms with van der Waals surface area (Å²) in [4.78, 5) is 8.35. The summed E-state index contributed by atoms with van der Waals surface area (Å²) in [5.41, 5.74) is 14.1. The summed E-state index contributed by atoms with van der Waals surface area (Å²) in [5, 5.41) is 8.07. The summed E-state index contributed by atoms with van der Waals surface area (Å²) < 4.78 is 2.48. The van der Waals surface area contributed by atoms with Crippen LogP contribution in [0.4, 0.5) is 0 Å². The molecule has 9 unspecified atom stereocenters. The number of likely N-dealkylation sites (tertiary alicyclic amines) is 1. The van der Waals surface area contributed by atoms with Crippen LogP contribution in [-0.2, 0) is 0 Å². The Morgan fingerprint density at radius 1 is 0.761 bits per heavy atom. The van der Waals surface area contributed by atoms with E-state index in [0.29, 0.717) is 53.6 Å². The maximum atomic E-state index is 5.44. The molecule has 0 radical (unpaired) electrons. The summed E-state index contributed by atoms with van der Waals surface area (Å²) >= 11 is 0. The Morgan fingerprint density at radius 3 is 2.46 bits per heavy atom. The van der Waals surface area contributed by atoms with Crippen molar-refractivity contribution in [2.24, 2.45) is 40.5 Å². The van der Waals surface area contributed by atoms with Crippen LogP contribution in [0.15, 0.2) is 214 Å². The predicted octanol–water partition coefficient (Wildman–Crippen LogP) is 13.9. The molecule has 360 valence electrons. The van der Waals surface area contributed by atoms with E-state index in [2.05, 4.69) is 218 Å². The highest BCUT2D eigenvalue weighted by atomic mass is 15.2. The van der Waals surface area contributed by atoms with E-state index >= 15 is 0 Å². The van der Waals surface area contributed by atoms with Crippen molar-refractivity contribution in [1.29, 1.82) is 0 Å². The molecule has 10 atom stereocenters. The van der Waals surface area contributed by atoms with Crippen molar-refractivity contribution in [3.63, 3.8) is 0 Å². The lowest BCUT2D eigenvalue weighted by molar-refractivity contribution is 0.155. The molecule has 4 nitrogen and oxygen atoms in total. The molecule has 0 spiro atoms. The number of aliphatic imine (C=N–C) groups is 1. The molecular weight excluding hydrogens is 861 g/mol. The molecule has 7 aliphatic carbocycles. The Balaban J connectivity index is 0.764. The number of nitrogens with zero attached hydrogens (tertiary/aromatic N) is 3. The van der Waals surface area contributed by atoms with Crippen LogP contribution >= 0.6 is 0 Å². The van der Waals surface area contributed by atoms with Crippen molar-refractivity contribution in [2.75, 3.05) is 0 Å². The molecule has 0 bridgehead atoms. The zero-order chi connectivity index (χ0) is 47.8. The van der Waals surface area contributed by atoms with Crippen LogP contribution in [0.25, 0.3) is 28.7 Å². The molecule has 1 N–H and O–H groups in total. The van der Waals surface area contributed by atoms with E-state index in [1.165, 1.54) is 85.7 Å². The number of nitrogens with one attached hydrogen (secondary N) is 1. The van der Waals surface area contributed by atoms with Crippen molar-refractivity contribution in [3.05, 3.63) is 220 Å². The predicted molar refractivity (Wildman–Crippen MR) is 299 cm³/mol. The van der Waals surface area contributed by atoms with Gasteiger partial charge in [-0.25, -0.2) is 0 Å². The number of fused-ring (bicyclic) bond motifs is 4. The van der Waals surface area contributed by atoms with E-state index in [1.54, 1.807) is 5.57 Å². The van der Waals surface area contributed by atoms with Crippen LogP contribution in [0.3, 0.4) is 0 Å². The maximum absolute atomic E-state index is 5.44. The fourth-order valence-electron chi connectivity index (χ4n) is 14.0. The van der Waals surface area contributed by atoms with Crippen LogP contribution in [0, 0.1) is 35.5 Å². The van der Waals surface area contributed by atoms with Crippen LogP contribution in [0.5, 0.6) is 0 Å². The van der Waals surface area contributed by atoms with E-state index in [0.717, 1.165) is 51.4 Å². The van der Waals surface area contributed by atoms with Gasteiger partial charge in [-0.1, -0.05) is 170 Å². The van der Waals surface area contributed by atoms with Gasteiger partial charge in [0.1, 0.15) is 6.17 Å². The second-order valence-electron chi connectivity index (χ2n) is 21.7. The molecule has 9 aliphatic rings. The molecule has 0 saturated carbocycles. The molecule has 2 aromatic carbocycles. The van der Waals surface area contributed by atoms with Gasteiger partial charge in [0.25, 0.3) is 0 Å². The summed E-state index contributed by atoms with van der Waals surface area (Å²) in [6.07, 6.45) is 63.0. The second kappa shape index (κ2) is 20.1. The molecule has 4 heteroatoms. The first-order chi connectivity index (χ1) is 35.0. The number of hydrogen-bond donors (Lipinski definition) is 1. The van der Waals surface area contributed by atoms with Gasteiger partial charge in [-0.15, -0.1) is 0 Å². The van der Waals surface area contributed by atoms with Crippen molar-refractivity contribution in [3.8, 4) is 5.69 Å². The molecule has 3 aromatic rings. The van der Waals surface area contributed by atoms with Gasteiger partial charge in [0.05, 0.1) is 11.2 Å². The molecule has 1 aromatic heterocycles. The van der Waals surface area contributed by atoms with E-state index in [4.69, 9.17) is 4.99 Å². The normalized spacial score (nSPS) is 31.9. The Bertz CT molecular complexity index is 3140. The smallest absolute Gasteiger partial charge is 0.125 e. The number of rotatable bonds is 10. The number of para-hydroxylation sites is 2. The van der Waals surface area contributed by atoms with Crippen molar-refractivity contribution in [2.45, 2.75) is 116 Å². The Labute approximate surface area is 423 Å². The summed E-state index contributed by atoms with van der Waals surface area (Å²) in [7, 11) is 0. The first-order valence-electron chi connectivity index (χ1n) is 27.4. The van der Waals surface area contributed by atoms with Gasteiger partial charge in [0.15, 0.2) is 0 Å². The average molecular weight is 933 g/mol. The Morgan fingerprint density at radius 2 is 1.63 bits per heavy atom. The maximum Gasteiger partial charge on any atom is 0.125 e. The molecule has 12 rings (SSSR count). The van der Waals surface area contributed by atoms with Crippen molar-refractivity contribution >= 4 is 28.8 Å². The first kappa shape index (κ1) is 45.9. The van der Waals surface area contributed by atoms with Crippen LogP contribution < -0.4 is 15.9 Å². The minimum Gasteiger partial charge on any atom is -0.366 e. The molecule has 0 amide bonds. The fourth-order valence-corrected chi connectivity index (χ4v) is 14.0. The van der Waals surface area contributed by atoms with E-state index in [-0.39, 0.29) is 6.17 Å². The fraction of sp³-hybridized carbons (Fsp3) is 0.358. The van der Waals surface area contributed by atoms with E-state index in [1.807, 2.05) is 0 Å². The van der Waals surface area contributed by atoms with E-state index < -0.39 is 0 Å². The highest BCUT2D eigenvalue weighted by molar-refractivity contribution is 6.09. The number of aromatic nitrogens is 1. The topological polar surface area (TPSA) is 32.6 Å². The van der Waals surface area contributed by atoms with Gasteiger partial charge in [-0.2, -0.15) is 0 Å². The number of benzene rings is 2. The molecular formula is C67H72N4. The van der Waals surface area contributed by atoms with Gasteiger partial charge in [-0.3, -0.25) is 9.89 Å². The molecule has 71 heavy (non-hydrogen) atoms. The summed E-state index contributed by atoms with van der Waals surface area (Å²) in [6, 6.07) is 21.2. The zero-order valence-corrected chi connectivity index (χ0v) is 42.2. The van der Waals surface area contributed by atoms with Gasteiger partial charge in [0, 0.05) is 69.1 Å². The molecule has 2 aliphatic heterocycles. The van der Waals surface area contributed by atoms with Gasteiger partial charge < -0.3 is 9.88 Å². The molecule has 3 heterocycles. The third kappa shape index (κ3) is 8.96. The zero-order valence-electron chi connectivity index (χ0n) is 42.2. The standard InChI is InChI=1S/C67H72N4/c1-4-5-19-45(2)66-46(3)70(65-39-35-54(43-60(65)66)53-34-38-64-59(42-53)58-30-15-16-31-63(58)71(64)56-28-13-8-14-29-56)57-36-32-47(33-37-57)50-24-17-25-51(40-50)52-26-18-27-55(41-52)67-68-61(48-20-9-6-10-21-48)44-62(69-67)49-22-11-7-12-23-49/h5-11,13-16,18-20,22,24,26-32,35-36,38-40,42,44,46-48,53-55,57,60,65,67-68H,4,12,17,21,23,25,33-34,37,41,43H2,1-3H3/b19-5-,66-45+/t46?,47?,48?,53?,54-,55?,57?,60?,65?,67?/m1/s1. The lowest BCUT2D eigenvalue weighted by Gasteiger charge is -2.39. The van der Waals surface area contributed by atoms with E-state index in [9.17, 15) is 0 Å². The van der Waals surface area contributed by atoms with Crippen molar-refractivity contribution < 1.29 is 0 Å². The summed E-state index contributed by atoms with van der Waals surface area (Å²) in [5.74, 6) is 2.65. The number of allylic oxidation sites excluding steroid dienone is 21. The highest BCUT2D eigenvalue weighted by Crippen LogP contribution is 2.49. The quantitative estimate of drug-likeness (QED) is 0.206. The first-order valence-corrected chi connectivity index (χ1v) is 27.4. The largest absolute Gasteiger partial charge is 0.366 e. The van der Waals surface area contributed by atoms with Gasteiger partial charge >= 0.3 is 0 Å². The third-order valence-electron chi connectivity index (χ3n) is 17.5. The van der Waals surface area contributed by atoms with Crippen LogP contribution in [0.2, 0.25) is 0 Å². The van der Waals surface area contributed by atoms with Gasteiger partial charge in [-0.05, 0) is 148 Å². The second-order valence-corrected chi connectivity index (χ2v) is 21.7. The lowest BCUT2D eigenvalue weighted by atomic mass is 9.73.